The first-order valence-corrected chi connectivity index (χ1v) is 12.7. The summed E-state index contributed by atoms with van der Waals surface area (Å²) in [5.74, 6) is 0.261. The van der Waals surface area contributed by atoms with Gasteiger partial charge >= 0.3 is 0 Å². The lowest BCUT2D eigenvalue weighted by atomic mass is 9.89. The molecule has 188 valence electrons. The number of hydrogen-bond donors (Lipinski definition) is 2. The second-order valence-electron chi connectivity index (χ2n) is 9.32. The molecule has 0 saturated carbocycles. The first kappa shape index (κ1) is 25.5. The van der Waals surface area contributed by atoms with E-state index in [-0.39, 0.29) is 18.4 Å². The molecular formula is C30H35N3O3. The van der Waals surface area contributed by atoms with Crippen LogP contribution in [0.25, 0.3) is 0 Å². The van der Waals surface area contributed by atoms with E-state index in [9.17, 15) is 9.59 Å². The van der Waals surface area contributed by atoms with Crippen molar-refractivity contribution in [1.29, 1.82) is 0 Å². The number of benzene rings is 3. The molecule has 0 unspecified atom stereocenters. The molecule has 3 aromatic carbocycles. The first-order valence-electron chi connectivity index (χ1n) is 12.7. The molecule has 36 heavy (non-hydrogen) atoms. The highest BCUT2D eigenvalue weighted by atomic mass is 16.5. The topological polar surface area (TPSA) is 70.7 Å². The first-order chi connectivity index (χ1) is 17.6. The monoisotopic (exact) mass is 485 g/mol. The Morgan fingerprint density at radius 1 is 0.917 bits per heavy atom. The van der Waals surface area contributed by atoms with Crippen molar-refractivity contribution in [2.24, 2.45) is 5.92 Å². The number of ether oxygens (including phenoxy) is 1. The van der Waals surface area contributed by atoms with Gasteiger partial charge in [0.1, 0.15) is 6.61 Å². The van der Waals surface area contributed by atoms with Gasteiger partial charge in [0, 0.05) is 38.1 Å². The van der Waals surface area contributed by atoms with Crippen LogP contribution in [0.15, 0.2) is 78.9 Å². The number of piperidine rings is 1. The molecule has 1 aliphatic rings. The molecule has 0 radical (unpaired) electrons. The van der Waals surface area contributed by atoms with Gasteiger partial charge in [-0.1, -0.05) is 60.7 Å². The molecule has 2 N–H and O–H groups in total. The third-order valence-electron chi connectivity index (χ3n) is 6.66. The summed E-state index contributed by atoms with van der Waals surface area (Å²) in [5, 5.41) is 5.89. The van der Waals surface area contributed by atoms with E-state index in [1.54, 1.807) is 6.07 Å². The SMILES string of the molecule is COCC(=O)Nc1ccc(N2CCC(Cc3ccccc3)CC2)c(C(=O)NCCc2ccccc2)c1. The molecule has 1 heterocycles. The summed E-state index contributed by atoms with van der Waals surface area (Å²) in [6, 6.07) is 26.3. The van der Waals surface area contributed by atoms with E-state index < -0.39 is 0 Å². The average molecular weight is 486 g/mol. The zero-order valence-corrected chi connectivity index (χ0v) is 20.9. The highest BCUT2D eigenvalue weighted by molar-refractivity contribution is 6.02. The van der Waals surface area contributed by atoms with Crippen LogP contribution in [0.4, 0.5) is 11.4 Å². The molecule has 1 aliphatic heterocycles. The van der Waals surface area contributed by atoms with E-state index in [2.05, 4.69) is 58.0 Å². The average Bonchev–Trinajstić information content (AvgIpc) is 2.90. The number of nitrogens with zero attached hydrogens (tertiary/aromatic N) is 1. The summed E-state index contributed by atoms with van der Waals surface area (Å²) in [6.07, 6.45) is 4.01. The van der Waals surface area contributed by atoms with Gasteiger partial charge in [-0.2, -0.15) is 0 Å². The lowest BCUT2D eigenvalue weighted by molar-refractivity contribution is -0.119. The standard InChI is InChI=1S/C30H35N3O3/c1-36-22-29(34)32-26-12-13-28(27(21-26)30(35)31-17-14-23-8-4-2-5-9-23)33-18-15-25(16-19-33)20-24-10-6-3-7-11-24/h2-13,21,25H,14-20,22H2,1H3,(H,31,35)(H,32,34). The van der Waals surface area contributed by atoms with Crippen LogP contribution in [0.2, 0.25) is 0 Å². The van der Waals surface area contributed by atoms with Crippen molar-refractivity contribution in [3.05, 3.63) is 95.6 Å². The van der Waals surface area contributed by atoms with Crippen molar-refractivity contribution < 1.29 is 14.3 Å². The van der Waals surface area contributed by atoms with Gasteiger partial charge in [-0.05, 0) is 60.9 Å². The molecule has 3 aromatic rings. The maximum Gasteiger partial charge on any atom is 0.253 e. The smallest absolute Gasteiger partial charge is 0.253 e. The van der Waals surface area contributed by atoms with Crippen molar-refractivity contribution in [3.8, 4) is 0 Å². The maximum absolute atomic E-state index is 13.3. The van der Waals surface area contributed by atoms with Gasteiger partial charge in [-0.3, -0.25) is 9.59 Å². The Morgan fingerprint density at radius 2 is 1.58 bits per heavy atom. The van der Waals surface area contributed by atoms with Crippen LogP contribution in [-0.2, 0) is 22.4 Å². The minimum Gasteiger partial charge on any atom is -0.375 e. The van der Waals surface area contributed by atoms with Gasteiger partial charge < -0.3 is 20.3 Å². The second-order valence-corrected chi connectivity index (χ2v) is 9.32. The number of anilines is 2. The molecular weight excluding hydrogens is 450 g/mol. The summed E-state index contributed by atoms with van der Waals surface area (Å²) in [6.45, 7) is 2.31. The largest absolute Gasteiger partial charge is 0.375 e. The highest BCUT2D eigenvalue weighted by Crippen LogP contribution is 2.30. The number of methoxy groups -OCH3 is 1. The van der Waals surface area contributed by atoms with E-state index >= 15 is 0 Å². The van der Waals surface area contributed by atoms with Crippen LogP contribution in [0, 0.1) is 5.92 Å². The Labute approximate surface area is 213 Å². The van der Waals surface area contributed by atoms with Crippen molar-refractivity contribution >= 4 is 23.2 Å². The number of hydrogen-bond acceptors (Lipinski definition) is 4. The third-order valence-corrected chi connectivity index (χ3v) is 6.66. The molecule has 0 aromatic heterocycles. The van der Waals surface area contributed by atoms with E-state index in [0.717, 1.165) is 44.5 Å². The number of amides is 2. The quantitative estimate of drug-likeness (QED) is 0.437. The summed E-state index contributed by atoms with van der Waals surface area (Å²) in [5.41, 5.74) is 4.65. The van der Waals surface area contributed by atoms with E-state index in [1.165, 1.54) is 18.2 Å². The van der Waals surface area contributed by atoms with E-state index in [4.69, 9.17) is 4.74 Å². The molecule has 1 fully saturated rings. The predicted molar refractivity (Wildman–Crippen MR) is 145 cm³/mol. The Morgan fingerprint density at radius 3 is 2.25 bits per heavy atom. The number of carbonyl (C=O) groups excluding carboxylic acids is 2. The Balaban J connectivity index is 1.44. The minimum absolute atomic E-state index is 0.0325. The van der Waals surface area contributed by atoms with Crippen LogP contribution < -0.4 is 15.5 Å². The van der Waals surface area contributed by atoms with Gasteiger partial charge in [-0.15, -0.1) is 0 Å². The van der Waals surface area contributed by atoms with Crippen LogP contribution >= 0.6 is 0 Å². The molecule has 0 spiro atoms. The molecule has 6 heteroatoms. The molecule has 0 bridgehead atoms. The van der Waals surface area contributed by atoms with Crippen molar-refractivity contribution in [2.75, 3.05) is 43.6 Å². The van der Waals surface area contributed by atoms with Crippen molar-refractivity contribution in [2.45, 2.75) is 25.7 Å². The summed E-state index contributed by atoms with van der Waals surface area (Å²) >= 11 is 0. The van der Waals surface area contributed by atoms with E-state index in [1.807, 2.05) is 30.3 Å². The van der Waals surface area contributed by atoms with Gasteiger partial charge in [0.05, 0.1) is 5.56 Å². The fourth-order valence-corrected chi connectivity index (χ4v) is 4.79. The third kappa shape index (κ3) is 7.18. The molecule has 4 rings (SSSR count). The molecule has 0 aliphatic carbocycles. The molecule has 6 nitrogen and oxygen atoms in total. The zero-order chi connectivity index (χ0) is 25.2. The molecule has 2 amide bonds. The van der Waals surface area contributed by atoms with Gasteiger partial charge in [0.25, 0.3) is 5.91 Å². The number of carbonyl (C=O) groups is 2. The fraction of sp³-hybridized carbons (Fsp3) is 0.333. The normalized spacial score (nSPS) is 13.9. The zero-order valence-electron chi connectivity index (χ0n) is 20.9. The van der Waals surface area contributed by atoms with Crippen molar-refractivity contribution in [3.63, 3.8) is 0 Å². The fourth-order valence-electron chi connectivity index (χ4n) is 4.79. The van der Waals surface area contributed by atoms with Gasteiger partial charge in [0.2, 0.25) is 5.91 Å². The highest BCUT2D eigenvalue weighted by Gasteiger charge is 2.24. The number of rotatable bonds is 10. The van der Waals surface area contributed by atoms with Crippen LogP contribution in [0.1, 0.15) is 34.3 Å². The van der Waals surface area contributed by atoms with Gasteiger partial charge in [0.15, 0.2) is 0 Å². The Bertz CT molecular complexity index is 1130. The molecule has 1 saturated heterocycles. The maximum atomic E-state index is 13.3. The summed E-state index contributed by atoms with van der Waals surface area (Å²) in [4.78, 5) is 27.6. The summed E-state index contributed by atoms with van der Waals surface area (Å²) < 4.78 is 4.92. The summed E-state index contributed by atoms with van der Waals surface area (Å²) in [7, 11) is 1.48. The lowest BCUT2D eigenvalue weighted by Crippen LogP contribution is -2.36. The van der Waals surface area contributed by atoms with Crippen LogP contribution in [0.5, 0.6) is 0 Å². The minimum atomic E-state index is -0.248. The van der Waals surface area contributed by atoms with E-state index in [0.29, 0.717) is 23.7 Å². The van der Waals surface area contributed by atoms with Crippen LogP contribution in [0.3, 0.4) is 0 Å². The second kappa shape index (κ2) is 12.9. The Kier molecular flexibility index (Phi) is 9.11. The Hall–Kier alpha value is -3.64. The van der Waals surface area contributed by atoms with Gasteiger partial charge in [-0.25, -0.2) is 0 Å². The molecule has 0 atom stereocenters. The van der Waals surface area contributed by atoms with Crippen molar-refractivity contribution in [1.82, 2.24) is 5.32 Å². The lowest BCUT2D eigenvalue weighted by Gasteiger charge is -2.35. The van der Waals surface area contributed by atoms with Crippen LogP contribution in [-0.4, -0.2) is 45.2 Å². The number of nitrogens with one attached hydrogen (secondary N) is 2. The predicted octanol–water partition coefficient (Wildman–Crippen LogP) is 4.70.